The minimum absolute atomic E-state index is 0.247. The maximum Gasteiger partial charge on any atom is 0.343 e. The topological polar surface area (TPSA) is 106 Å². The lowest BCUT2D eigenvalue weighted by Gasteiger charge is -2.06. The van der Waals surface area contributed by atoms with Crippen LogP contribution < -0.4 is 20.2 Å². The van der Waals surface area contributed by atoms with Gasteiger partial charge < -0.3 is 14.8 Å². The molecule has 0 heterocycles. The number of carbonyl (C=O) groups excluding carboxylic acids is 3. The summed E-state index contributed by atoms with van der Waals surface area (Å²) in [6.07, 6.45) is 1.42. The van der Waals surface area contributed by atoms with Crippen LogP contribution in [-0.4, -0.2) is 37.7 Å². The molecule has 3 aromatic carbocycles. The third-order valence-electron chi connectivity index (χ3n) is 4.32. The predicted molar refractivity (Wildman–Crippen MR) is 124 cm³/mol. The molecule has 3 rings (SSSR count). The number of nitrogens with zero attached hydrogens (tertiary/aromatic N) is 1. The summed E-state index contributed by atoms with van der Waals surface area (Å²) in [7, 11) is 1.55. The minimum atomic E-state index is -0.494. The van der Waals surface area contributed by atoms with E-state index >= 15 is 0 Å². The van der Waals surface area contributed by atoms with Gasteiger partial charge in [0.2, 0.25) is 0 Å². The van der Waals surface area contributed by atoms with Crippen molar-refractivity contribution in [2.45, 2.75) is 0 Å². The SMILES string of the molecule is COc1ccc(C(=O)Oc2ccc(/C=N/NC(=O)CNC(=O)c3cccc(Cl)c3)cc2)cc1. The Hall–Kier alpha value is -4.17. The molecular formula is C24H20ClN3O5. The quantitative estimate of drug-likeness (QED) is 0.229. The molecule has 8 nitrogen and oxygen atoms in total. The summed E-state index contributed by atoms with van der Waals surface area (Å²) in [5, 5.41) is 6.75. The maximum absolute atomic E-state index is 12.2. The number of nitrogens with one attached hydrogen (secondary N) is 2. The Balaban J connectivity index is 1.45. The monoisotopic (exact) mass is 465 g/mol. The lowest BCUT2D eigenvalue weighted by Crippen LogP contribution is -2.34. The Kier molecular flexibility index (Phi) is 8.15. The third-order valence-corrected chi connectivity index (χ3v) is 4.55. The molecule has 2 amide bonds. The molecule has 0 aliphatic heterocycles. The van der Waals surface area contributed by atoms with Crippen molar-refractivity contribution in [3.8, 4) is 11.5 Å². The molecule has 0 saturated heterocycles. The van der Waals surface area contributed by atoms with Crippen molar-refractivity contribution in [3.05, 3.63) is 94.5 Å². The molecule has 0 atom stereocenters. The zero-order valence-corrected chi connectivity index (χ0v) is 18.3. The Morgan fingerprint density at radius 1 is 0.939 bits per heavy atom. The van der Waals surface area contributed by atoms with Crippen molar-refractivity contribution >= 4 is 35.6 Å². The molecule has 0 bridgehead atoms. The molecule has 0 fully saturated rings. The second-order valence-corrected chi connectivity index (χ2v) is 7.11. The van der Waals surface area contributed by atoms with E-state index < -0.39 is 17.8 Å². The summed E-state index contributed by atoms with van der Waals surface area (Å²) < 4.78 is 10.4. The fraction of sp³-hybridized carbons (Fsp3) is 0.0833. The van der Waals surface area contributed by atoms with Gasteiger partial charge in [0.25, 0.3) is 11.8 Å². The van der Waals surface area contributed by atoms with E-state index in [4.69, 9.17) is 21.1 Å². The molecule has 0 aliphatic rings. The smallest absolute Gasteiger partial charge is 0.343 e. The average molecular weight is 466 g/mol. The van der Waals surface area contributed by atoms with Gasteiger partial charge in [0.1, 0.15) is 11.5 Å². The van der Waals surface area contributed by atoms with Crippen LogP contribution in [0.5, 0.6) is 11.5 Å². The highest BCUT2D eigenvalue weighted by atomic mass is 35.5. The number of hydrazone groups is 1. The lowest BCUT2D eigenvalue weighted by atomic mass is 10.2. The number of ether oxygens (including phenoxy) is 2. The summed E-state index contributed by atoms with van der Waals surface area (Å²) in [5.74, 6) is -0.402. The van der Waals surface area contributed by atoms with Gasteiger partial charge in [-0.05, 0) is 72.3 Å². The van der Waals surface area contributed by atoms with E-state index in [2.05, 4.69) is 15.8 Å². The average Bonchev–Trinajstić information content (AvgIpc) is 2.83. The molecule has 0 saturated carbocycles. The molecule has 9 heteroatoms. The highest BCUT2D eigenvalue weighted by Gasteiger charge is 2.09. The van der Waals surface area contributed by atoms with Crippen molar-refractivity contribution in [1.29, 1.82) is 0 Å². The van der Waals surface area contributed by atoms with Gasteiger partial charge in [0.05, 0.1) is 25.4 Å². The van der Waals surface area contributed by atoms with Crippen molar-refractivity contribution in [3.63, 3.8) is 0 Å². The first-order valence-corrected chi connectivity index (χ1v) is 10.1. The molecule has 0 radical (unpaired) electrons. The van der Waals surface area contributed by atoms with Crippen molar-refractivity contribution in [1.82, 2.24) is 10.7 Å². The second-order valence-electron chi connectivity index (χ2n) is 6.67. The lowest BCUT2D eigenvalue weighted by molar-refractivity contribution is -0.120. The molecule has 33 heavy (non-hydrogen) atoms. The summed E-state index contributed by atoms with van der Waals surface area (Å²) in [5.41, 5.74) is 3.74. The molecule has 2 N–H and O–H groups in total. The highest BCUT2D eigenvalue weighted by molar-refractivity contribution is 6.31. The van der Waals surface area contributed by atoms with E-state index in [-0.39, 0.29) is 6.54 Å². The highest BCUT2D eigenvalue weighted by Crippen LogP contribution is 2.16. The van der Waals surface area contributed by atoms with E-state index in [1.807, 2.05) is 0 Å². The van der Waals surface area contributed by atoms with Gasteiger partial charge in [-0.15, -0.1) is 0 Å². The number of rotatable bonds is 8. The van der Waals surface area contributed by atoms with Crippen molar-refractivity contribution in [2.75, 3.05) is 13.7 Å². The number of halogens is 1. The summed E-state index contributed by atoms with van der Waals surface area (Å²) in [6, 6.07) is 19.5. The van der Waals surface area contributed by atoms with E-state index in [0.29, 0.717) is 33.2 Å². The van der Waals surface area contributed by atoms with Crippen molar-refractivity contribution in [2.24, 2.45) is 5.10 Å². The molecule has 0 spiro atoms. The number of amides is 2. The van der Waals surface area contributed by atoms with Crippen LogP contribution in [0.1, 0.15) is 26.3 Å². The summed E-state index contributed by atoms with van der Waals surface area (Å²) >= 11 is 5.84. The van der Waals surface area contributed by atoms with E-state index in [1.165, 1.54) is 12.3 Å². The van der Waals surface area contributed by atoms with E-state index in [0.717, 1.165) is 0 Å². The molecule has 3 aromatic rings. The van der Waals surface area contributed by atoms with Gasteiger partial charge in [-0.2, -0.15) is 5.10 Å². The number of carbonyl (C=O) groups is 3. The van der Waals surface area contributed by atoms with Gasteiger partial charge in [-0.3, -0.25) is 9.59 Å². The van der Waals surface area contributed by atoms with Crippen LogP contribution in [0.2, 0.25) is 5.02 Å². The van der Waals surface area contributed by atoms with Crippen LogP contribution in [0, 0.1) is 0 Å². The van der Waals surface area contributed by atoms with Gasteiger partial charge in [0.15, 0.2) is 0 Å². The van der Waals surface area contributed by atoms with Crippen molar-refractivity contribution < 1.29 is 23.9 Å². The fourth-order valence-electron chi connectivity index (χ4n) is 2.63. The number of benzene rings is 3. The Morgan fingerprint density at radius 2 is 1.64 bits per heavy atom. The Morgan fingerprint density at radius 3 is 2.30 bits per heavy atom. The Bertz CT molecular complexity index is 1160. The fourth-order valence-corrected chi connectivity index (χ4v) is 2.82. The van der Waals surface area contributed by atoms with E-state index in [9.17, 15) is 14.4 Å². The standard InChI is InChI=1S/C24H20ClN3O5/c1-32-20-11-7-17(8-12-20)24(31)33-21-9-5-16(6-10-21)14-27-28-22(29)15-26-23(30)18-3-2-4-19(25)13-18/h2-14H,15H2,1H3,(H,26,30)(H,28,29)/b27-14+. The van der Waals surface area contributed by atoms with Crippen LogP contribution in [0.25, 0.3) is 0 Å². The minimum Gasteiger partial charge on any atom is -0.497 e. The van der Waals surface area contributed by atoms with Crippen LogP contribution >= 0.6 is 11.6 Å². The van der Waals surface area contributed by atoms with Gasteiger partial charge in [0, 0.05) is 10.6 Å². The largest absolute Gasteiger partial charge is 0.497 e. The molecule has 0 aliphatic carbocycles. The zero-order valence-electron chi connectivity index (χ0n) is 17.6. The first-order chi connectivity index (χ1) is 15.9. The van der Waals surface area contributed by atoms with Gasteiger partial charge >= 0.3 is 5.97 Å². The maximum atomic E-state index is 12.2. The van der Waals surface area contributed by atoms with Crippen LogP contribution in [-0.2, 0) is 4.79 Å². The summed E-state index contributed by atoms with van der Waals surface area (Å²) in [6.45, 7) is -0.247. The molecule has 168 valence electrons. The molecule has 0 aromatic heterocycles. The van der Waals surface area contributed by atoms with Crippen LogP contribution in [0.3, 0.4) is 0 Å². The summed E-state index contributed by atoms with van der Waals surface area (Å²) in [4.78, 5) is 36.0. The second kappa shape index (κ2) is 11.4. The molecular weight excluding hydrogens is 446 g/mol. The number of esters is 1. The normalized spacial score (nSPS) is 10.5. The van der Waals surface area contributed by atoms with Gasteiger partial charge in [-0.1, -0.05) is 17.7 Å². The number of methoxy groups -OCH3 is 1. The number of hydrogen-bond donors (Lipinski definition) is 2. The first-order valence-electron chi connectivity index (χ1n) is 9.76. The third kappa shape index (κ3) is 7.19. The first kappa shape index (κ1) is 23.5. The molecule has 0 unspecified atom stereocenters. The zero-order chi connectivity index (χ0) is 23.6. The van der Waals surface area contributed by atoms with Crippen LogP contribution in [0.15, 0.2) is 77.9 Å². The predicted octanol–water partition coefficient (Wildman–Crippen LogP) is 3.45. The Labute approximate surface area is 195 Å². The van der Waals surface area contributed by atoms with Crippen LogP contribution in [0.4, 0.5) is 0 Å². The van der Waals surface area contributed by atoms with Gasteiger partial charge in [-0.25, -0.2) is 10.2 Å². The van der Waals surface area contributed by atoms with E-state index in [1.54, 1.807) is 73.8 Å². The number of hydrogen-bond acceptors (Lipinski definition) is 6.